The first kappa shape index (κ1) is 8.66. The normalized spacial score (nSPS) is 24.2. The zero-order chi connectivity index (χ0) is 8.39. The largest absolute Gasteiger partial charge is 0.309 e. The quantitative estimate of drug-likeness (QED) is 0.825. The molecule has 2 heterocycles. The number of nitrogens with zero attached hydrogens (tertiary/aromatic N) is 1. The van der Waals surface area contributed by atoms with Crippen molar-refractivity contribution in [2.75, 3.05) is 6.54 Å². The lowest BCUT2D eigenvalue weighted by Crippen LogP contribution is -2.26. The standard InChI is InChI=1S/C8H11BrN2S/c9-8-11-7(5-12-8)6-3-1-2-4-10-6/h5-6,10H,1-4H2. The minimum absolute atomic E-state index is 0.501. The van der Waals surface area contributed by atoms with Gasteiger partial charge in [0.25, 0.3) is 0 Å². The molecule has 0 spiro atoms. The molecule has 1 fully saturated rings. The van der Waals surface area contributed by atoms with E-state index in [-0.39, 0.29) is 0 Å². The summed E-state index contributed by atoms with van der Waals surface area (Å²) in [6.07, 6.45) is 3.87. The van der Waals surface area contributed by atoms with Gasteiger partial charge in [0.2, 0.25) is 0 Å². The van der Waals surface area contributed by atoms with Gasteiger partial charge < -0.3 is 5.32 Å². The first-order valence-electron chi connectivity index (χ1n) is 4.20. The molecular formula is C8H11BrN2S. The van der Waals surface area contributed by atoms with Crippen molar-refractivity contribution in [2.45, 2.75) is 25.3 Å². The SMILES string of the molecule is Brc1nc(C2CCCCN2)cs1. The number of rotatable bonds is 1. The Labute approximate surface area is 84.5 Å². The molecule has 0 aliphatic carbocycles. The van der Waals surface area contributed by atoms with Crippen molar-refractivity contribution in [3.63, 3.8) is 0 Å². The van der Waals surface area contributed by atoms with Crippen LogP contribution in [0.25, 0.3) is 0 Å². The topological polar surface area (TPSA) is 24.9 Å². The molecule has 4 heteroatoms. The zero-order valence-corrected chi connectivity index (χ0v) is 9.12. The van der Waals surface area contributed by atoms with Crippen LogP contribution in [0.3, 0.4) is 0 Å². The van der Waals surface area contributed by atoms with Crippen LogP contribution in [-0.4, -0.2) is 11.5 Å². The lowest BCUT2D eigenvalue weighted by Gasteiger charge is -2.21. The van der Waals surface area contributed by atoms with Crippen molar-refractivity contribution < 1.29 is 0 Å². The van der Waals surface area contributed by atoms with E-state index in [1.54, 1.807) is 11.3 Å². The minimum Gasteiger partial charge on any atom is -0.309 e. The highest BCUT2D eigenvalue weighted by Crippen LogP contribution is 2.26. The molecule has 2 rings (SSSR count). The van der Waals surface area contributed by atoms with E-state index >= 15 is 0 Å². The van der Waals surface area contributed by atoms with Crippen molar-refractivity contribution >= 4 is 27.3 Å². The molecule has 1 aliphatic rings. The molecule has 1 aromatic rings. The fourth-order valence-electron chi connectivity index (χ4n) is 1.53. The van der Waals surface area contributed by atoms with E-state index in [1.165, 1.54) is 25.0 Å². The lowest BCUT2D eigenvalue weighted by atomic mass is 10.0. The summed E-state index contributed by atoms with van der Waals surface area (Å²) in [4.78, 5) is 4.41. The maximum atomic E-state index is 4.41. The van der Waals surface area contributed by atoms with E-state index in [4.69, 9.17) is 0 Å². The highest BCUT2D eigenvalue weighted by molar-refractivity contribution is 9.11. The van der Waals surface area contributed by atoms with Gasteiger partial charge in [0, 0.05) is 5.38 Å². The van der Waals surface area contributed by atoms with Crippen molar-refractivity contribution in [3.05, 3.63) is 15.0 Å². The van der Waals surface area contributed by atoms with Crippen LogP contribution in [0.2, 0.25) is 0 Å². The van der Waals surface area contributed by atoms with Crippen LogP contribution < -0.4 is 5.32 Å². The van der Waals surface area contributed by atoms with Gasteiger partial charge in [0.1, 0.15) is 0 Å². The molecule has 1 saturated heterocycles. The molecule has 0 aromatic carbocycles. The van der Waals surface area contributed by atoms with Crippen LogP contribution in [0.15, 0.2) is 9.30 Å². The minimum atomic E-state index is 0.501. The molecule has 1 unspecified atom stereocenters. The molecule has 1 N–H and O–H groups in total. The van der Waals surface area contributed by atoms with Crippen LogP contribution in [0, 0.1) is 0 Å². The van der Waals surface area contributed by atoms with E-state index in [0.717, 1.165) is 10.5 Å². The Balaban J connectivity index is 2.08. The van der Waals surface area contributed by atoms with Gasteiger partial charge in [-0.2, -0.15) is 0 Å². The summed E-state index contributed by atoms with van der Waals surface area (Å²) in [5, 5.41) is 5.60. The predicted molar refractivity (Wildman–Crippen MR) is 54.4 cm³/mol. The van der Waals surface area contributed by atoms with Crippen LogP contribution in [0.5, 0.6) is 0 Å². The summed E-state index contributed by atoms with van der Waals surface area (Å²) < 4.78 is 0.991. The second-order valence-corrected chi connectivity index (χ2v) is 5.16. The van der Waals surface area contributed by atoms with Crippen LogP contribution in [0.4, 0.5) is 0 Å². The first-order chi connectivity index (χ1) is 5.86. The van der Waals surface area contributed by atoms with E-state index < -0.39 is 0 Å². The number of hydrogen-bond donors (Lipinski definition) is 1. The Morgan fingerprint density at radius 2 is 2.50 bits per heavy atom. The highest BCUT2D eigenvalue weighted by Gasteiger charge is 2.16. The first-order valence-corrected chi connectivity index (χ1v) is 5.88. The summed E-state index contributed by atoms with van der Waals surface area (Å²) in [5.41, 5.74) is 1.20. The van der Waals surface area contributed by atoms with Crippen LogP contribution in [0.1, 0.15) is 31.0 Å². The van der Waals surface area contributed by atoms with Crippen molar-refractivity contribution in [1.82, 2.24) is 10.3 Å². The fourth-order valence-corrected chi connectivity index (χ4v) is 2.61. The third-order valence-electron chi connectivity index (χ3n) is 2.16. The van der Waals surface area contributed by atoms with E-state index in [2.05, 4.69) is 31.6 Å². The third-order valence-corrected chi connectivity index (χ3v) is 3.54. The van der Waals surface area contributed by atoms with Crippen molar-refractivity contribution in [3.8, 4) is 0 Å². The van der Waals surface area contributed by atoms with Gasteiger partial charge in [-0.15, -0.1) is 11.3 Å². The average Bonchev–Trinajstić information content (AvgIpc) is 2.54. The highest BCUT2D eigenvalue weighted by atomic mass is 79.9. The summed E-state index contributed by atoms with van der Waals surface area (Å²) in [6.45, 7) is 1.14. The second-order valence-electron chi connectivity index (χ2n) is 3.03. The molecule has 1 atom stereocenters. The Morgan fingerprint density at radius 3 is 3.08 bits per heavy atom. The molecule has 12 heavy (non-hydrogen) atoms. The number of halogens is 1. The average molecular weight is 247 g/mol. The van der Waals surface area contributed by atoms with Gasteiger partial charge in [-0.1, -0.05) is 6.42 Å². The summed E-state index contributed by atoms with van der Waals surface area (Å²) >= 11 is 5.04. The maximum absolute atomic E-state index is 4.41. The van der Waals surface area contributed by atoms with Gasteiger partial charge in [0.15, 0.2) is 3.92 Å². The van der Waals surface area contributed by atoms with Gasteiger partial charge in [-0.25, -0.2) is 4.98 Å². The third kappa shape index (κ3) is 1.87. The van der Waals surface area contributed by atoms with E-state index in [9.17, 15) is 0 Å². The molecule has 1 aliphatic heterocycles. The van der Waals surface area contributed by atoms with Gasteiger partial charge in [-0.3, -0.25) is 0 Å². The van der Waals surface area contributed by atoms with E-state index in [1.807, 2.05) is 0 Å². The smallest absolute Gasteiger partial charge is 0.159 e. The van der Waals surface area contributed by atoms with Gasteiger partial charge in [0.05, 0.1) is 11.7 Å². The lowest BCUT2D eigenvalue weighted by molar-refractivity contribution is 0.406. The summed E-state index contributed by atoms with van der Waals surface area (Å²) in [5.74, 6) is 0. The molecule has 0 saturated carbocycles. The molecule has 0 bridgehead atoms. The van der Waals surface area contributed by atoms with Crippen LogP contribution in [-0.2, 0) is 0 Å². The summed E-state index contributed by atoms with van der Waals surface area (Å²) in [6, 6.07) is 0.501. The number of aromatic nitrogens is 1. The van der Waals surface area contributed by atoms with Crippen LogP contribution >= 0.6 is 27.3 Å². The number of piperidine rings is 1. The Morgan fingerprint density at radius 1 is 1.58 bits per heavy atom. The molecule has 0 amide bonds. The monoisotopic (exact) mass is 246 g/mol. The fraction of sp³-hybridized carbons (Fsp3) is 0.625. The zero-order valence-electron chi connectivity index (χ0n) is 6.72. The molecular weight excluding hydrogens is 236 g/mol. The molecule has 66 valence electrons. The number of nitrogens with one attached hydrogen (secondary N) is 1. The van der Waals surface area contributed by atoms with Crippen molar-refractivity contribution in [1.29, 1.82) is 0 Å². The molecule has 0 radical (unpaired) electrons. The van der Waals surface area contributed by atoms with Gasteiger partial charge >= 0.3 is 0 Å². The maximum Gasteiger partial charge on any atom is 0.159 e. The molecule has 1 aromatic heterocycles. The Hall–Kier alpha value is 0.0700. The van der Waals surface area contributed by atoms with Gasteiger partial charge in [-0.05, 0) is 35.3 Å². The Kier molecular flexibility index (Phi) is 2.78. The summed E-state index contributed by atoms with van der Waals surface area (Å²) in [7, 11) is 0. The van der Waals surface area contributed by atoms with E-state index in [0.29, 0.717) is 6.04 Å². The predicted octanol–water partition coefficient (Wildman–Crippen LogP) is 2.72. The second kappa shape index (κ2) is 3.85. The van der Waals surface area contributed by atoms with Crippen molar-refractivity contribution in [2.24, 2.45) is 0 Å². The number of hydrogen-bond acceptors (Lipinski definition) is 3. The number of thiazole rings is 1. The molecule has 2 nitrogen and oxygen atoms in total. The Bertz CT molecular complexity index is 255.